The summed E-state index contributed by atoms with van der Waals surface area (Å²) in [6.07, 6.45) is 5.36. The van der Waals surface area contributed by atoms with Crippen molar-refractivity contribution < 1.29 is 8.81 Å². The molecule has 90 valence electrons. The highest BCUT2D eigenvalue weighted by Crippen LogP contribution is 2.11. The van der Waals surface area contributed by atoms with Gasteiger partial charge < -0.3 is 9.73 Å². The molecular formula is C13H15FN2O. The molecule has 17 heavy (non-hydrogen) atoms. The van der Waals surface area contributed by atoms with Crippen LogP contribution in [0.1, 0.15) is 24.3 Å². The molecule has 0 saturated heterocycles. The fraction of sp³-hybridized carbons (Fsp3) is 0.308. The average molecular weight is 234 g/mol. The molecular weight excluding hydrogens is 219 g/mol. The Morgan fingerprint density at radius 3 is 3.06 bits per heavy atom. The Balaban J connectivity index is 1.83. The van der Waals surface area contributed by atoms with Crippen molar-refractivity contribution >= 4 is 0 Å². The molecule has 1 N–H and O–H groups in total. The number of aromatic nitrogens is 1. The monoisotopic (exact) mass is 234 g/mol. The van der Waals surface area contributed by atoms with Gasteiger partial charge in [-0.25, -0.2) is 4.39 Å². The molecule has 0 bridgehead atoms. The maximum atomic E-state index is 13.0. The molecule has 2 rings (SSSR count). The van der Waals surface area contributed by atoms with Gasteiger partial charge in [0.05, 0.1) is 12.5 Å². The number of hydrogen-bond acceptors (Lipinski definition) is 3. The topological polar surface area (TPSA) is 38.1 Å². The van der Waals surface area contributed by atoms with Crippen LogP contribution in [0.5, 0.6) is 0 Å². The van der Waals surface area contributed by atoms with E-state index in [1.54, 1.807) is 12.5 Å². The number of furan rings is 1. The van der Waals surface area contributed by atoms with E-state index in [-0.39, 0.29) is 11.9 Å². The molecule has 2 aromatic heterocycles. The fourth-order valence-electron chi connectivity index (χ4n) is 1.65. The summed E-state index contributed by atoms with van der Waals surface area (Å²) in [5.41, 5.74) is 0.851. The van der Waals surface area contributed by atoms with Crippen molar-refractivity contribution in [1.82, 2.24) is 10.3 Å². The molecule has 0 aromatic carbocycles. The van der Waals surface area contributed by atoms with Crippen molar-refractivity contribution in [2.24, 2.45) is 0 Å². The van der Waals surface area contributed by atoms with E-state index in [0.717, 1.165) is 24.3 Å². The molecule has 1 atom stereocenters. The van der Waals surface area contributed by atoms with Gasteiger partial charge in [-0.3, -0.25) is 4.98 Å². The molecule has 0 fully saturated rings. The SMILES string of the molecule is CC(NCCc1ccco1)c1cncc(F)c1. The van der Waals surface area contributed by atoms with Crippen molar-refractivity contribution in [2.45, 2.75) is 19.4 Å². The molecule has 0 aliphatic heterocycles. The maximum Gasteiger partial charge on any atom is 0.141 e. The number of rotatable bonds is 5. The van der Waals surface area contributed by atoms with Gasteiger partial charge in [0.1, 0.15) is 11.6 Å². The second-order valence-electron chi connectivity index (χ2n) is 3.94. The fourth-order valence-corrected chi connectivity index (χ4v) is 1.65. The van der Waals surface area contributed by atoms with Crippen LogP contribution < -0.4 is 5.32 Å². The second-order valence-corrected chi connectivity index (χ2v) is 3.94. The van der Waals surface area contributed by atoms with Crippen molar-refractivity contribution in [3.8, 4) is 0 Å². The number of pyridine rings is 1. The van der Waals surface area contributed by atoms with E-state index in [4.69, 9.17) is 4.42 Å². The Morgan fingerprint density at radius 1 is 1.47 bits per heavy atom. The summed E-state index contributed by atoms with van der Waals surface area (Å²) in [6.45, 7) is 2.77. The Bertz CT molecular complexity index is 456. The van der Waals surface area contributed by atoms with Gasteiger partial charge >= 0.3 is 0 Å². The first kappa shape index (κ1) is 11.8. The lowest BCUT2D eigenvalue weighted by atomic mass is 10.1. The Labute approximate surface area is 99.7 Å². The summed E-state index contributed by atoms with van der Waals surface area (Å²) in [6, 6.07) is 5.39. The number of nitrogens with zero attached hydrogens (tertiary/aromatic N) is 1. The van der Waals surface area contributed by atoms with Gasteiger partial charge in [0.15, 0.2) is 0 Å². The van der Waals surface area contributed by atoms with Gasteiger partial charge in [0.25, 0.3) is 0 Å². The van der Waals surface area contributed by atoms with Crippen LogP contribution in [-0.2, 0) is 6.42 Å². The van der Waals surface area contributed by atoms with Gasteiger partial charge in [0.2, 0.25) is 0 Å². The first-order valence-corrected chi connectivity index (χ1v) is 5.62. The Kier molecular flexibility index (Phi) is 3.88. The molecule has 0 saturated carbocycles. The van der Waals surface area contributed by atoms with Crippen LogP contribution in [-0.4, -0.2) is 11.5 Å². The lowest BCUT2D eigenvalue weighted by molar-refractivity contribution is 0.485. The number of nitrogens with one attached hydrogen (secondary N) is 1. The lowest BCUT2D eigenvalue weighted by Gasteiger charge is -2.13. The van der Waals surface area contributed by atoms with Gasteiger partial charge in [-0.1, -0.05) is 0 Å². The zero-order chi connectivity index (χ0) is 12.1. The van der Waals surface area contributed by atoms with Crippen LogP contribution in [0, 0.1) is 5.82 Å². The predicted molar refractivity (Wildman–Crippen MR) is 63.0 cm³/mol. The normalized spacial score (nSPS) is 12.6. The third-order valence-electron chi connectivity index (χ3n) is 2.63. The smallest absolute Gasteiger partial charge is 0.141 e. The first-order valence-electron chi connectivity index (χ1n) is 5.62. The largest absolute Gasteiger partial charge is 0.469 e. The molecule has 0 amide bonds. The molecule has 4 heteroatoms. The van der Waals surface area contributed by atoms with Crippen LogP contribution >= 0.6 is 0 Å². The molecule has 0 aliphatic rings. The van der Waals surface area contributed by atoms with E-state index >= 15 is 0 Å². The molecule has 0 radical (unpaired) electrons. The maximum absolute atomic E-state index is 13.0. The van der Waals surface area contributed by atoms with Crippen molar-refractivity contribution in [2.75, 3.05) is 6.54 Å². The van der Waals surface area contributed by atoms with E-state index < -0.39 is 0 Å². The summed E-state index contributed by atoms with van der Waals surface area (Å²) in [7, 11) is 0. The minimum atomic E-state index is -0.304. The van der Waals surface area contributed by atoms with Crippen molar-refractivity contribution in [1.29, 1.82) is 0 Å². The van der Waals surface area contributed by atoms with E-state index in [9.17, 15) is 4.39 Å². The summed E-state index contributed by atoms with van der Waals surface area (Å²) >= 11 is 0. The quantitative estimate of drug-likeness (QED) is 0.864. The molecule has 0 aliphatic carbocycles. The van der Waals surface area contributed by atoms with Gasteiger partial charge in [-0.05, 0) is 30.7 Å². The van der Waals surface area contributed by atoms with E-state index in [1.165, 1.54) is 12.3 Å². The van der Waals surface area contributed by atoms with Crippen LogP contribution in [0.2, 0.25) is 0 Å². The van der Waals surface area contributed by atoms with Crippen LogP contribution in [0.3, 0.4) is 0 Å². The lowest BCUT2D eigenvalue weighted by Crippen LogP contribution is -2.21. The molecule has 2 aromatic rings. The highest BCUT2D eigenvalue weighted by molar-refractivity contribution is 5.14. The van der Waals surface area contributed by atoms with Crippen molar-refractivity contribution in [3.63, 3.8) is 0 Å². The van der Waals surface area contributed by atoms with Gasteiger partial charge in [0, 0.05) is 25.2 Å². The minimum absolute atomic E-state index is 0.0770. The number of halogens is 1. The summed E-state index contributed by atoms with van der Waals surface area (Å²) < 4.78 is 18.2. The van der Waals surface area contributed by atoms with Gasteiger partial charge in [-0.2, -0.15) is 0 Å². The molecule has 2 heterocycles. The zero-order valence-corrected chi connectivity index (χ0v) is 9.69. The van der Waals surface area contributed by atoms with Crippen LogP contribution in [0.4, 0.5) is 4.39 Å². The van der Waals surface area contributed by atoms with E-state index in [0.29, 0.717) is 0 Å². The molecule has 1 unspecified atom stereocenters. The summed E-state index contributed by atoms with van der Waals surface area (Å²) in [5.74, 6) is 0.643. The minimum Gasteiger partial charge on any atom is -0.469 e. The zero-order valence-electron chi connectivity index (χ0n) is 9.69. The van der Waals surface area contributed by atoms with Crippen LogP contribution in [0.15, 0.2) is 41.3 Å². The predicted octanol–water partition coefficient (Wildman–Crippen LogP) is 2.71. The number of hydrogen-bond donors (Lipinski definition) is 1. The van der Waals surface area contributed by atoms with Crippen molar-refractivity contribution in [3.05, 3.63) is 54.0 Å². The van der Waals surface area contributed by atoms with Gasteiger partial charge in [-0.15, -0.1) is 0 Å². The molecule has 3 nitrogen and oxygen atoms in total. The third kappa shape index (κ3) is 3.39. The van der Waals surface area contributed by atoms with E-state index in [1.807, 2.05) is 19.1 Å². The summed E-state index contributed by atoms with van der Waals surface area (Å²) in [4.78, 5) is 3.83. The standard InChI is InChI=1S/C13H15FN2O/c1-10(11-7-12(14)9-15-8-11)16-5-4-13-3-2-6-17-13/h2-3,6-10,16H,4-5H2,1H3. The first-order chi connectivity index (χ1) is 8.25. The second kappa shape index (κ2) is 5.59. The third-order valence-corrected chi connectivity index (χ3v) is 2.63. The van der Waals surface area contributed by atoms with Crippen LogP contribution in [0.25, 0.3) is 0 Å². The average Bonchev–Trinajstić information content (AvgIpc) is 2.82. The highest BCUT2D eigenvalue weighted by atomic mass is 19.1. The van der Waals surface area contributed by atoms with E-state index in [2.05, 4.69) is 10.3 Å². The highest BCUT2D eigenvalue weighted by Gasteiger charge is 2.06. The summed E-state index contributed by atoms with van der Waals surface area (Å²) in [5, 5.41) is 3.30. The molecule has 0 spiro atoms. The Morgan fingerprint density at radius 2 is 2.35 bits per heavy atom. The Hall–Kier alpha value is -1.68.